The summed E-state index contributed by atoms with van der Waals surface area (Å²) in [5, 5.41) is 3.65. The van der Waals surface area contributed by atoms with Gasteiger partial charge in [-0.25, -0.2) is 0 Å². The number of aromatic nitrogens is 1. The number of nitrogens with one attached hydrogen (secondary N) is 1. The number of ether oxygens (including phenoxy) is 1. The Kier molecular flexibility index (Phi) is 5.74. The molecule has 1 aromatic carbocycles. The molecule has 0 radical (unpaired) electrons. The molecule has 2 aliphatic rings. The van der Waals surface area contributed by atoms with Crippen molar-refractivity contribution in [2.75, 3.05) is 19.6 Å². The van der Waals surface area contributed by atoms with E-state index in [1.165, 1.54) is 5.56 Å². The maximum atomic E-state index is 12.7. The normalized spacial score (nSPS) is 24.2. The van der Waals surface area contributed by atoms with Crippen molar-refractivity contribution in [2.45, 2.75) is 50.4 Å². The van der Waals surface area contributed by atoms with Gasteiger partial charge in [0.1, 0.15) is 5.69 Å². The molecule has 1 N–H and O–H groups in total. The summed E-state index contributed by atoms with van der Waals surface area (Å²) in [6, 6.07) is 16.5. The van der Waals surface area contributed by atoms with Gasteiger partial charge in [0.2, 0.25) is 0 Å². The van der Waals surface area contributed by atoms with E-state index in [2.05, 4.69) is 41.5 Å². The highest BCUT2D eigenvalue weighted by Crippen LogP contribution is 2.43. The third-order valence-electron chi connectivity index (χ3n) is 6.02. The largest absolute Gasteiger partial charge is 0.367 e. The zero-order valence-corrected chi connectivity index (χ0v) is 16.5. The van der Waals surface area contributed by atoms with Gasteiger partial charge in [0.15, 0.2) is 0 Å². The lowest BCUT2D eigenvalue weighted by Gasteiger charge is -2.49. The SMILES string of the molecule is CCN[C@H]1C[C@@H](c2ccccc2)OC2(CCN(C(=O)c3ccccn3)CC2)C1. The molecule has 5 nitrogen and oxygen atoms in total. The summed E-state index contributed by atoms with van der Waals surface area (Å²) in [6.07, 6.45) is 5.53. The summed E-state index contributed by atoms with van der Waals surface area (Å²) >= 11 is 0. The number of pyridine rings is 1. The quantitative estimate of drug-likeness (QED) is 0.882. The lowest BCUT2D eigenvalue weighted by atomic mass is 9.79. The van der Waals surface area contributed by atoms with Crippen molar-refractivity contribution in [1.82, 2.24) is 15.2 Å². The van der Waals surface area contributed by atoms with Gasteiger partial charge in [0.05, 0.1) is 11.7 Å². The first-order valence-electron chi connectivity index (χ1n) is 10.4. The first kappa shape index (κ1) is 19.1. The van der Waals surface area contributed by atoms with Crippen LogP contribution in [0.2, 0.25) is 0 Å². The average molecular weight is 380 g/mol. The zero-order valence-electron chi connectivity index (χ0n) is 16.5. The second-order valence-corrected chi connectivity index (χ2v) is 7.90. The van der Waals surface area contributed by atoms with Crippen LogP contribution in [0.3, 0.4) is 0 Å². The van der Waals surface area contributed by atoms with E-state index < -0.39 is 0 Å². The summed E-state index contributed by atoms with van der Waals surface area (Å²) in [5.41, 5.74) is 1.61. The second kappa shape index (κ2) is 8.41. The van der Waals surface area contributed by atoms with Crippen LogP contribution in [0.5, 0.6) is 0 Å². The molecule has 2 fully saturated rings. The van der Waals surface area contributed by atoms with Crippen molar-refractivity contribution in [3.8, 4) is 0 Å². The lowest BCUT2D eigenvalue weighted by molar-refractivity contribution is -0.160. The number of hydrogen-bond donors (Lipinski definition) is 1. The maximum Gasteiger partial charge on any atom is 0.272 e. The van der Waals surface area contributed by atoms with Crippen molar-refractivity contribution >= 4 is 5.91 Å². The molecule has 1 spiro atoms. The molecule has 2 aliphatic heterocycles. The second-order valence-electron chi connectivity index (χ2n) is 7.90. The van der Waals surface area contributed by atoms with E-state index in [1.807, 2.05) is 23.1 Å². The van der Waals surface area contributed by atoms with Crippen molar-refractivity contribution in [2.24, 2.45) is 0 Å². The first-order chi connectivity index (χ1) is 13.7. The molecule has 3 heterocycles. The summed E-state index contributed by atoms with van der Waals surface area (Å²) < 4.78 is 6.72. The number of benzene rings is 1. The highest BCUT2D eigenvalue weighted by Gasteiger charge is 2.44. The Morgan fingerprint density at radius 2 is 1.93 bits per heavy atom. The van der Waals surface area contributed by atoms with Crippen molar-refractivity contribution in [3.63, 3.8) is 0 Å². The highest BCUT2D eigenvalue weighted by molar-refractivity contribution is 5.92. The molecule has 148 valence electrons. The third kappa shape index (κ3) is 4.10. The summed E-state index contributed by atoms with van der Waals surface area (Å²) in [7, 11) is 0. The third-order valence-corrected chi connectivity index (χ3v) is 6.02. The molecule has 2 atom stereocenters. The van der Waals surface area contributed by atoms with Crippen LogP contribution in [0.4, 0.5) is 0 Å². The highest BCUT2D eigenvalue weighted by atomic mass is 16.5. The van der Waals surface area contributed by atoms with E-state index >= 15 is 0 Å². The molecule has 0 bridgehead atoms. The molecule has 2 saturated heterocycles. The molecule has 5 heteroatoms. The number of nitrogens with zero attached hydrogens (tertiary/aromatic N) is 2. The zero-order chi connectivity index (χ0) is 19.4. The standard InChI is InChI=1S/C23H29N3O2/c1-2-24-19-16-21(18-8-4-3-5-9-18)28-23(17-19)11-14-26(15-12-23)22(27)20-10-6-7-13-25-20/h3-10,13,19,21,24H,2,11-12,14-17H2,1H3/t19-,21-/m0/s1. The van der Waals surface area contributed by atoms with E-state index in [4.69, 9.17) is 4.74 Å². The molecule has 1 aromatic heterocycles. The molecule has 0 unspecified atom stereocenters. The van der Waals surface area contributed by atoms with Crippen molar-refractivity contribution < 1.29 is 9.53 Å². The van der Waals surface area contributed by atoms with Crippen LogP contribution in [0.1, 0.15) is 54.8 Å². The minimum Gasteiger partial charge on any atom is -0.367 e. The number of amides is 1. The molecular formula is C23H29N3O2. The van der Waals surface area contributed by atoms with Gasteiger partial charge in [0, 0.05) is 25.3 Å². The minimum absolute atomic E-state index is 0.0223. The Labute approximate surface area is 167 Å². The topological polar surface area (TPSA) is 54.5 Å². The predicted octanol–water partition coefficient (Wildman–Crippen LogP) is 3.59. The molecule has 2 aromatic rings. The van der Waals surface area contributed by atoms with Crippen molar-refractivity contribution in [1.29, 1.82) is 0 Å². The van der Waals surface area contributed by atoms with Gasteiger partial charge in [-0.15, -0.1) is 0 Å². The van der Waals surface area contributed by atoms with Crippen LogP contribution < -0.4 is 5.32 Å². The summed E-state index contributed by atoms with van der Waals surface area (Å²) in [6.45, 7) is 4.56. The van der Waals surface area contributed by atoms with Gasteiger partial charge in [-0.3, -0.25) is 9.78 Å². The maximum absolute atomic E-state index is 12.7. The number of carbonyl (C=O) groups excluding carboxylic acids is 1. The first-order valence-corrected chi connectivity index (χ1v) is 10.4. The van der Waals surface area contributed by atoms with E-state index in [9.17, 15) is 4.79 Å². The molecule has 0 saturated carbocycles. The van der Waals surface area contributed by atoms with Crippen molar-refractivity contribution in [3.05, 3.63) is 66.0 Å². The molecule has 1 amide bonds. The number of rotatable bonds is 4. The Bertz CT molecular complexity index is 773. The average Bonchev–Trinajstić information content (AvgIpc) is 2.75. The van der Waals surface area contributed by atoms with Gasteiger partial charge in [-0.2, -0.15) is 0 Å². The summed E-state index contributed by atoms with van der Waals surface area (Å²) in [4.78, 5) is 18.9. The van der Waals surface area contributed by atoms with E-state index in [-0.39, 0.29) is 17.6 Å². The number of piperidine rings is 1. The lowest BCUT2D eigenvalue weighted by Crippen LogP contribution is -2.54. The summed E-state index contributed by atoms with van der Waals surface area (Å²) in [5.74, 6) is 0.0223. The van der Waals surface area contributed by atoms with Gasteiger partial charge in [-0.05, 0) is 49.9 Å². The molecule has 28 heavy (non-hydrogen) atoms. The van der Waals surface area contributed by atoms with E-state index in [0.29, 0.717) is 11.7 Å². The minimum atomic E-state index is -0.160. The Morgan fingerprint density at radius 1 is 1.18 bits per heavy atom. The van der Waals surface area contributed by atoms with Crippen LogP contribution in [0, 0.1) is 0 Å². The molecule has 0 aliphatic carbocycles. The van der Waals surface area contributed by atoms with Gasteiger partial charge >= 0.3 is 0 Å². The van der Waals surface area contributed by atoms with Crippen LogP contribution in [-0.4, -0.2) is 47.1 Å². The Morgan fingerprint density at radius 3 is 2.61 bits per heavy atom. The fourth-order valence-corrected chi connectivity index (χ4v) is 4.60. The number of likely N-dealkylation sites (tertiary alicyclic amines) is 1. The van der Waals surface area contributed by atoms with E-state index in [0.717, 1.165) is 45.3 Å². The fraction of sp³-hybridized carbons (Fsp3) is 0.478. The van der Waals surface area contributed by atoms with Crippen LogP contribution in [0.25, 0.3) is 0 Å². The van der Waals surface area contributed by atoms with Gasteiger partial charge in [0.25, 0.3) is 5.91 Å². The van der Waals surface area contributed by atoms with Gasteiger partial charge in [-0.1, -0.05) is 43.3 Å². The van der Waals surface area contributed by atoms with Crippen LogP contribution >= 0.6 is 0 Å². The van der Waals surface area contributed by atoms with E-state index in [1.54, 1.807) is 12.3 Å². The van der Waals surface area contributed by atoms with Crippen LogP contribution in [0.15, 0.2) is 54.7 Å². The Hall–Kier alpha value is -2.24. The smallest absolute Gasteiger partial charge is 0.272 e. The fourth-order valence-electron chi connectivity index (χ4n) is 4.60. The van der Waals surface area contributed by atoms with Gasteiger partial charge < -0.3 is 15.0 Å². The van der Waals surface area contributed by atoms with Crippen LogP contribution in [-0.2, 0) is 4.74 Å². The molecular weight excluding hydrogens is 350 g/mol. The number of hydrogen-bond acceptors (Lipinski definition) is 4. The molecule has 4 rings (SSSR count). The predicted molar refractivity (Wildman–Crippen MR) is 109 cm³/mol. The Balaban J connectivity index is 1.47. The number of carbonyl (C=O) groups is 1. The monoisotopic (exact) mass is 379 g/mol.